The fourth-order valence-corrected chi connectivity index (χ4v) is 5.31. The third-order valence-electron chi connectivity index (χ3n) is 7.48. The number of halogens is 2. The zero-order valence-corrected chi connectivity index (χ0v) is 18.9. The first-order chi connectivity index (χ1) is 16.6. The second-order valence-electron chi connectivity index (χ2n) is 9.80. The van der Waals surface area contributed by atoms with Crippen molar-refractivity contribution in [2.45, 2.75) is 38.5 Å². The van der Waals surface area contributed by atoms with E-state index >= 15 is 0 Å². The number of ketones is 1. The van der Waals surface area contributed by atoms with E-state index in [4.69, 9.17) is 4.74 Å². The van der Waals surface area contributed by atoms with Crippen molar-refractivity contribution in [3.63, 3.8) is 0 Å². The van der Waals surface area contributed by atoms with Crippen LogP contribution in [-0.4, -0.2) is 45.1 Å². The Morgan fingerprint density at radius 3 is 2.59 bits per heavy atom. The molecule has 2 aliphatic carbocycles. The zero-order chi connectivity index (χ0) is 23.2. The van der Waals surface area contributed by atoms with E-state index in [2.05, 4.69) is 20.0 Å². The first-order valence-corrected chi connectivity index (χ1v) is 12.1. The normalized spacial score (nSPS) is 22.8. The zero-order valence-electron chi connectivity index (χ0n) is 18.9. The Kier molecular flexibility index (Phi) is 5.42. The summed E-state index contributed by atoms with van der Waals surface area (Å²) in [6.07, 6.45) is 9.27. The number of hydrogen-bond acceptors (Lipinski definition) is 6. The quantitative estimate of drug-likeness (QED) is 0.460. The van der Waals surface area contributed by atoms with Gasteiger partial charge in [0.15, 0.2) is 5.78 Å². The Hall–Kier alpha value is -3.10. The predicted molar refractivity (Wildman–Crippen MR) is 121 cm³/mol. The molecule has 2 saturated carbocycles. The number of rotatable bonds is 8. The number of fused-ring (bicyclic) bond motifs is 1. The van der Waals surface area contributed by atoms with Gasteiger partial charge < -0.3 is 9.64 Å². The average molecular weight is 468 g/mol. The van der Waals surface area contributed by atoms with Crippen molar-refractivity contribution >= 4 is 17.5 Å². The highest BCUT2D eigenvalue weighted by Gasteiger charge is 2.43. The molecule has 0 bridgehead atoms. The highest BCUT2D eigenvalue weighted by Crippen LogP contribution is 2.50. The van der Waals surface area contributed by atoms with E-state index in [1.807, 2.05) is 12.3 Å². The van der Waals surface area contributed by atoms with Gasteiger partial charge in [-0.3, -0.25) is 4.79 Å². The summed E-state index contributed by atoms with van der Waals surface area (Å²) < 4.78 is 36.0. The molecule has 9 heteroatoms. The van der Waals surface area contributed by atoms with Gasteiger partial charge in [0.2, 0.25) is 5.95 Å². The number of hydrogen-bond donors (Lipinski definition) is 0. The van der Waals surface area contributed by atoms with E-state index in [1.165, 1.54) is 6.42 Å². The van der Waals surface area contributed by atoms with E-state index in [-0.39, 0.29) is 11.7 Å². The van der Waals surface area contributed by atoms with Crippen LogP contribution in [-0.2, 0) is 0 Å². The molecule has 0 spiro atoms. The standard InChI is InChI=1S/C25H27F2N5O2/c26-20-13-18(14-21(27)22(20)23(33)16-2-3-16)34-11-6-17-12-19(17)15-4-9-31(10-5-15)25-29-24-28-7-1-8-32(24)30-25/h1,7-8,13-17,19H,2-6,9-12H2/t17-,19?/m1/s1. The van der Waals surface area contributed by atoms with Crippen LogP contribution in [0.1, 0.15) is 48.9 Å². The molecule has 34 heavy (non-hydrogen) atoms. The maximum absolute atomic E-state index is 14.3. The first-order valence-electron chi connectivity index (χ1n) is 12.1. The van der Waals surface area contributed by atoms with Gasteiger partial charge in [-0.05, 0) is 62.3 Å². The fourth-order valence-electron chi connectivity index (χ4n) is 5.31. The summed E-state index contributed by atoms with van der Waals surface area (Å²) in [4.78, 5) is 23.1. The van der Waals surface area contributed by atoms with Crippen molar-refractivity contribution in [1.29, 1.82) is 0 Å². The van der Waals surface area contributed by atoms with Gasteiger partial charge in [0.1, 0.15) is 17.4 Å². The molecule has 1 aromatic carbocycles. The molecule has 178 valence electrons. The molecule has 7 nitrogen and oxygen atoms in total. The van der Waals surface area contributed by atoms with Gasteiger partial charge in [-0.1, -0.05) is 0 Å². The van der Waals surface area contributed by atoms with Crippen LogP contribution in [0, 0.1) is 35.3 Å². The number of nitrogens with zero attached hydrogens (tertiary/aromatic N) is 5. The van der Waals surface area contributed by atoms with Gasteiger partial charge in [0.25, 0.3) is 5.78 Å². The predicted octanol–water partition coefficient (Wildman–Crippen LogP) is 4.32. The van der Waals surface area contributed by atoms with Crippen LogP contribution >= 0.6 is 0 Å². The topological polar surface area (TPSA) is 72.6 Å². The molecular weight excluding hydrogens is 440 g/mol. The summed E-state index contributed by atoms with van der Waals surface area (Å²) in [7, 11) is 0. The molecule has 3 aliphatic rings. The summed E-state index contributed by atoms with van der Waals surface area (Å²) in [5.41, 5.74) is -0.418. The van der Waals surface area contributed by atoms with E-state index in [0.717, 1.165) is 50.4 Å². The molecule has 1 saturated heterocycles. The van der Waals surface area contributed by atoms with Crippen LogP contribution in [0.15, 0.2) is 30.6 Å². The third kappa shape index (κ3) is 4.23. The maximum Gasteiger partial charge on any atom is 0.253 e. The van der Waals surface area contributed by atoms with E-state index in [1.54, 1.807) is 10.7 Å². The molecule has 0 N–H and O–H groups in total. The van der Waals surface area contributed by atoms with Crippen LogP contribution < -0.4 is 9.64 Å². The minimum absolute atomic E-state index is 0.155. The first kappa shape index (κ1) is 21.4. The molecule has 2 atom stereocenters. The number of carbonyl (C=O) groups is 1. The summed E-state index contributed by atoms with van der Waals surface area (Å²) in [5, 5.41) is 4.53. The molecule has 0 radical (unpaired) electrons. The lowest BCUT2D eigenvalue weighted by Gasteiger charge is -2.31. The van der Waals surface area contributed by atoms with Gasteiger partial charge in [0, 0.05) is 43.5 Å². The van der Waals surface area contributed by atoms with Gasteiger partial charge in [0.05, 0.1) is 12.2 Å². The molecule has 1 unspecified atom stereocenters. The number of piperidine rings is 1. The summed E-state index contributed by atoms with van der Waals surface area (Å²) in [6, 6.07) is 4.12. The Morgan fingerprint density at radius 1 is 1.12 bits per heavy atom. The monoisotopic (exact) mass is 467 g/mol. The minimum Gasteiger partial charge on any atom is -0.493 e. The lowest BCUT2D eigenvalue weighted by Crippen LogP contribution is -2.35. The molecular formula is C25H27F2N5O2. The molecule has 3 heterocycles. The largest absolute Gasteiger partial charge is 0.493 e. The van der Waals surface area contributed by atoms with Crippen molar-refractivity contribution in [1.82, 2.24) is 19.6 Å². The second-order valence-corrected chi connectivity index (χ2v) is 9.80. The molecule has 6 rings (SSSR count). The van der Waals surface area contributed by atoms with Crippen LogP contribution in [0.5, 0.6) is 5.75 Å². The van der Waals surface area contributed by atoms with Crippen LogP contribution in [0.3, 0.4) is 0 Å². The molecule has 3 aromatic rings. The van der Waals surface area contributed by atoms with Gasteiger partial charge in [-0.2, -0.15) is 4.98 Å². The van der Waals surface area contributed by atoms with E-state index < -0.39 is 23.0 Å². The SMILES string of the molecule is O=C(c1c(F)cc(OCC[C@@H]2CC2C2CCN(c3nc4ncccn4n3)CC2)cc1F)C1CC1. The lowest BCUT2D eigenvalue weighted by atomic mass is 9.90. The number of ether oxygens (including phenoxy) is 1. The average Bonchev–Trinajstić information content (AvgIpc) is 3.76. The Labute approximate surface area is 196 Å². The Balaban J connectivity index is 0.968. The molecule has 0 amide bonds. The molecule has 2 aromatic heterocycles. The Morgan fingerprint density at radius 2 is 1.88 bits per heavy atom. The number of carbonyl (C=O) groups excluding carboxylic acids is 1. The molecule has 3 fully saturated rings. The van der Waals surface area contributed by atoms with Crippen molar-refractivity contribution in [2.75, 3.05) is 24.6 Å². The van der Waals surface area contributed by atoms with Crippen LogP contribution in [0.4, 0.5) is 14.7 Å². The van der Waals surface area contributed by atoms with Gasteiger partial charge in [-0.25, -0.2) is 18.3 Å². The lowest BCUT2D eigenvalue weighted by molar-refractivity contribution is 0.0959. The van der Waals surface area contributed by atoms with E-state index in [9.17, 15) is 13.6 Å². The number of Topliss-reactive ketones (excluding diaryl/α,β-unsaturated/α-hetero) is 1. The molecule has 1 aliphatic heterocycles. The van der Waals surface area contributed by atoms with Crippen molar-refractivity contribution in [3.05, 3.63) is 47.8 Å². The van der Waals surface area contributed by atoms with Crippen molar-refractivity contribution < 1.29 is 18.3 Å². The third-order valence-corrected chi connectivity index (χ3v) is 7.48. The maximum atomic E-state index is 14.3. The van der Waals surface area contributed by atoms with Crippen molar-refractivity contribution in [3.8, 4) is 5.75 Å². The van der Waals surface area contributed by atoms with Gasteiger partial charge >= 0.3 is 0 Å². The van der Waals surface area contributed by atoms with E-state index in [0.29, 0.717) is 43.0 Å². The summed E-state index contributed by atoms with van der Waals surface area (Å²) >= 11 is 0. The van der Waals surface area contributed by atoms with Crippen LogP contribution in [0.2, 0.25) is 0 Å². The fraction of sp³-hybridized carbons (Fsp3) is 0.520. The highest BCUT2D eigenvalue weighted by atomic mass is 19.1. The number of aromatic nitrogens is 4. The second kappa shape index (κ2) is 8.60. The van der Waals surface area contributed by atoms with Crippen molar-refractivity contribution in [2.24, 2.45) is 23.7 Å². The minimum atomic E-state index is -0.821. The Bertz CT molecular complexity index is 1160. The number of anilines is 1. The summed E-state index contributed by atoms with van der Waals surface area (Å²) in [6.45, 7) is 2.30. The van der Waals surface area contributed by atoms with Gasteiger partial charge in [-0.15, -0.1) is 5.10 Å². The smallest absolute Gasteiger partial charge is 0.253 e. The highest BCUT2D eigenvalue weighted by molar-refractivity contribution is 5.99. The number of benzene rings is 1. The summed E-state index contributed by atoms with van der Waals surface area (Å²) in [5.74, 6) is 1.18. The van der Waals surface area contributed by atoms with Crippen LogP contribution in [0.25, 0.3) is 5.78 Å².